The van der Waals surface area contributed by atoms with E-state index >= 15 is 0 Å². The van der Waals surface area contributed by atoms with Gasteiger partial charge in [0, 0.05) is 18.8 Å². The molecule has 0 aliphatic rings. The van der Waals surface area contributed by atoms with Gasteiger partial charge in [-0.25, -0.2) is 0 Å². The van der Waals surface area contributed by atoms with Crippen molar-refractivity contribution in [3.8, 4) is 0 Å². The van der Waals surface area contributed by atoms with Gasteiger partial charge in [0.2, 0.25) is 0 Å². The molecular formula is C11H19N3. The largest absolute Gasteiger partial charge is 0.308 e. The van der Waals surface area contributed by atoms with Gasteiger partial charge in [-0.15, -0.1) is 0 Å². The molecule has 1 aromatic rings. The molecule has 0 saturated carbocycles. The molecule has 1 aromatic heterocycles. The monoisotopic (exact) mass is 193 g/mol. The van der Waals surface area contributed by atoms with Crippen molar-refractivity contribution in [2.24, 2.45) is 5.92 Å². The predicted octanol–water partition coefficient (Wildman–Crippen LogP) is 2.00. The number of hydrogen-bond acceptors (Lipinski definition) is 3. The highest BCUT2D eigenvalue weighted by Gasteiger charge is 2.08. The third-order valence-corrected chi connectivity index (χ3v) is 2.73. The van der Waals surface area contributed by atoms with E-state index in [0.29, 0.717) is 12.0 Å². The van der Waals surface area contributed by atoms with Crippen LogP contribution in [0.4, 0.5) is 0 Å². The Labute approximate surface area is 85.9 Å². The summed E-state index contributed by atoms with van der Waals surface area (Å²) in [6.45, 7) is 7.49. The molecule has 0 aliphatic carbocycles. The minimum atomic E-state index is 0.530. The first kappa shape index (κ1) is 11.1. The molecule has 0 bridgehead atoms. The topological polar surface area (TPSA) is 37.8 Å². The first-order valence-corrected chi connectivity index (χ1v) is 5.24. The normalized spacial score (nSPS) is 15.1. The van der Waals surface area contributed by atoms with Crippen LogP contribution in [0.1, 0.15) is 32.9 Å². The van der Waals surface area contributed by atoms with Crippen molar-refractivity contribution in [2.45, 2.75) is 39.8 Å². The zero-order valence-electron chi connectivity index (χ0n) is 9.20. The van der Waals surface area contributed by atoms with Crippen molar-refractivity contribution >= 4 is 0 Å². The molecule has 0 fully saturated rings. The molecule has 2 unspecified atom stereocenters. The minimum absolute atomic E-state index is 0.530. The van der Waals surface area contributed by atoms with Gasteiger partial charge in [-0.05, 0) is 25.0 Å². The molecule has 1 rings (SSSR count). The maximum absolute atomic E-state index is 4.02. The Morgan fingerprint density at radius 2 is 2.21 bits per heavy atom. The zero-order valence-corrected chi connectivity index (χ0v) is 9.20. The van der Waals surface area contributed by atoms with Crippen LogP contribution >= 0.6 is 0 Å². The molecule has 0 radical (unpaired) electrons. The van der Waals surface area contributed by atoms with Crippen molar-refractivity contribution in [3.63, 3.8) is 0 Å². The first-order valence-electron chi connectivity index (χ1n) is 5.24. The highest BCUT2D eigenvalue weighted by Crippen LogP contribution is 2.06. The molecule has 14 heavy (non-hydrogen) atoms. The summed E-state index contributed by atoms with van der Waals surface area (Å²) < 4.78 is 0. The van der Waals surface area contributed by atoms with Crippen molar-refractivity contribution < 1.29 is 0 Å². The van der Waals surface area contributed by atoms with Crippen LogP contribution in [-0.2, 0) is 6.54 Å². The fourth-order valence-electron chi connectivity index (χ4n) is 1.25. The van der Waals surface area contributed by atoms with E-state index in [9.17, 15) is 0 Å². The Hall–Kier alpha value is -0.960. The van der Waals surface area contributed by atoms with E-state index in [0.717, 1.165) is 12.2 Å². The van der Waals surface area contributed by atoms with Crippen LogP contribution in [0.5, 0.6) is 0 Å². The Balaban J connectivity index is 2.34. The van der Waals surface area contributed by atoms with Gasteiger partial charge >= 0.3 is 0 Å². The molecule has 78 valence electrons. The number of aromatic nitrogens is 2. The van der Waals surface area contributed by atoms with Crippen molar-refractivity contribution in [2.75, 3.05) is 0 Å². The van der Waals surface area contributed by atoms with Crippen LogP contribution in [0.2, 0.25) is 0 Å². The van der Waals surface area contributed by atoms with Crippen LogP contribution < -0.4 is 5.32 Å². The lowest BCUT2D eigenvalue weighted by molar-refractivity contribution is 0.387. The second-order valence-corrected chi connectivity index (χ2v) is 3.77. The third kappa shape index (κ3) is 3.42. The van der Waals surface area contributed by atoms with Gasteiger partial charge in [0.25, 0.3) is 0 Å². The van der Waals surface area contributed by atoms with Gasteiger partial charge in [0.05, 0.1) is 5.69 Å². The Kier molecular flexibility index (Phi) is 4.53. The summed E-state index contributed by atoms with van der Waals surface area (Å²) in [5, 5.41) is 11.3. The summed E-state index contributed by atoms with van der Waals surface area (Å²) >= 11 is 0. The summed E-state index contributed by atoms with van der Waals surface area (Å²) in [4.78, 5) is 0. The van der Waals surface area contributed by atoms with Crippen LogP contribution in [0.25, 0.3) is 0 Å². The van der Waals surface area contributed by atoms with E-state index in [2.05, 4.69) is 36.3 Å². The fourth-order valence-corrected chi connectivity index (χ4v) is 1.25. The number of nitrogens with zero attached hydrogens (tertiary/aromatic N) is 2. The molecule has 3 nitrogen and oxygen atoms in total. The van der Waals surface area contributed by atoms with E-state index < -0.39 is 0 Å². The van der Waals surface area contributed by atoms with Gasteiger partial charge in [-0.2, -0.15) is 10.2 Å². The summed E-state index contributed by atoms with van der Waals surface area (Å²) in [6, 6.07) is 4.43. The average Bonchev–Trinajstić information content (AvgIpc) is 2.26. The molecule has 1 heterocycles. The molecule has 3 heteroatoms. The summed E-state index contributed by atoms with van der Waals surface area (Å²) in [5.41, 5.74) is 1.00. The molecular weight excluding hydrogens is 174 g/mol. The van der Waals surface area contributed by atoms with Crippen molar-refractivity contribution in [1.82, 2.24) is 15.5 Å². The number of nitrogens with one attached hydrogen (secondary N) is 1. The third-order valence-electron chi connectivity index (χ3n) is 2.73. The van der Waals surface area contributed by atoms with E-state index in [-0.39, 0.29) is 0 Å². The smallest absolute Gasteiger partial charge is 0.0769 e. The van der Waals surface area contributed by atoms with Crippen LogP contribution in [-0.4, -0.2) is 16.2 Å². The molecule has 0 aliphatic heterocycles. The zero-order chi connectivity index (χ0) is 10.4. The predicted molar refractivity (Wildman–Crippen MR) is 57.8 cm³/mol. The highest BCUT2D eigenvalue weighted by molar-refractivity contribution is 4.98. The van der Waals surface area contributed by atoms with E-state index in [4.69, 9.17) is 0 Å². The standard InChI is InChI=1S/C11H19N3/c1-4-9(2)10(3)12-8-11-6-5-7-13-14-11/h5-7,9-10,12H,4,8H2,1-3H3. The fraction of sp³-hybridized carbons (Fsp3) is 0.636. The maximum Gasteiger partial charge on any atom is 0.0769 e. The molecule has 0 aromatic carbocycles. The molecule has 1 N–H and O–H groups in total. The summed E-state index contributed by atoms with van der Waals surface area (Å²) in [5.74, 6) is 0.701. The van der Waals surface area contributed by atoms with Crippen LogP contribution in [0.3, 0.4) is 0 Å². The van der Waals surface area contributed by atoms with Gasteiger partial charge in [-0.1, -0.05) is 20.3 Å². The number of hydrogen-bond donors (Lipinski definition) is 1. The van der Waals surface area contributed by atoms with E-state index in [1.54, 1.807) is 6.20 Å². The molecule has 0 spiro atoms. The molecule has 2 atom stereocenters. The van der Waals surface area contributed by atoms with Crippen LogP contribution in [0, 0.1) is 5.92 Å². The lowest BCUT2D eigenvalue weighted by Crippen LogP contribution is -2.31. The van der Waals surface area contributed by atoms with Crippen molar-refractivity contribution in [3.05, 3.63) is 24.0 Å². The van der Waals surface area contributed by atoms with Gasteiger partial charge in [0.15, 0.2) is 0 Å². The van der Waals surface area contributed by atoms with Gasteiger partial charge in [-0.3, -0.25) is 0 Å². The Morgan fingerprint density at radius 3 is 2.79 bits per heavy atom. The summed E-state index contributed by atoms with van der Waals surface area (Å²) in [7, 11) is 0. The highest BCUT2D eigenvalue weighted by atomic mass is 15.1. The van der Waals surface area contributed by atoms with Crippen LogP contribution in [0.15, 0.2) is 18.3 Å². The van der Waals surface area contributed by atoms with Crippen molar-refractivity contribution in [1.29, 1.82) is 0 Å². The lowest BCUT2D eigenvalue weighted by atomic mass is 10.0. The minimum Gasteiger partial charge on any atom is -0.308 e. The van der Waals surface area contributed by atoms with Gasteiger partial charge < -0.3 is 5.32 Å². The number of rotatable bonds is 5. The van der Waals surface area contributed by atoms with E-state index in [1.165, 1.54) is 6.42 Å². The van der Waals surface area contributed by atoms with E-state index in [1.807, 2.05) is 12.1 Å². The first-order chi connectivity index (χ1) is 6.74. The maximum atomic E-state index is 4.02. The molecule has 0 amide bonds. The summed E-state index contributed by atoms with van der Waals surface area (Å²) in [6.07, 6.45) is 2.90. The lowest BCUT2D eigenvalue weighted by Gasteiger charge is -2.19. The quantitative estimate of drug-likeness (QED) is 0.777. The Morgan fingerprint density at radius 1 is 1.43 bits per heavy atom. The second-order valence-electron chi connectivity index (χ2n) is 3.77. The molecule has 0 saturated heterocycles. The SMILES string of the molecule is CCC(C)C(C)NCc1cccnn1. The second kappa shape index (κ2) is 5.70. The average molecular weight is 193 g/mol. The van der Waals surface area contributed by atoms with Gasteiger partial charge in [0.1, 0.15) is 0 Å². The Bertz CT molecular complexity index is 248.